The molecule has 0 bridgehead atoms. The van der Waals surface area contributed by atoms with E-state index in [1.807, 2.05) is 24.3 Å². The minimum atomic E-state index is -0.371. The molecule has 2 aromatic rings. The van der Waals surface area contributed by atoms with Crippen molar-refractivity contribution < 1.29 is 9.59 Å². The summed E-state index contributed by atoms with van der Waals surface area (Å²) in [4.78, 5) is 21.5. The van der Waals surface area contributed by atoms with Crippen LogP contribution in [0.25, 0.3) is 0 Å². The maximum atomic E-state index is 10.7. The molecule has 0 aliphatic heterocycles. The molecule has 24 heavy (non-hydrogen) atoms. The number of hydrogen-bond acceptors (Lipinski definition) is 4. The number of benzene rings is 2. The monoisotopic (exact) mass is 448 g/mol. The Labute approximate surface area is 151 Å². The molecule has 0 radical (unpaired) electrons. The Kier molecular flexibility index (Phi) is 7.23. The van der Waals surface area contributed by atoms with Crippen molar-refractivity contribution in [1.82, 2.24) is 0 Å². The van der Waals surface area contributed by atoms with Crippen LogP contribution in [0.5, 0.6) is 0 Å². The average molecular weight is 448 g/mol. The van der Waals surface area contributed by atoms with Gasteiger partial charge < -0.3 is 0 Å². The Morgan fingerprint density at radius 2 is 1.04 bits per heavy atom. The van der Waals surface area contributed by atoms with Crippen LogP contribution in [0.4, 0.5) is 11.4 Å². The van der Waals surface area contributed by atoms with E-state index in [2.05, 4.69) is 34.9 Å². The number of anilines is 2. The summed E-state index contributed by atoms with van der Waals surface area (Å²) in [5.41, 5.74) is 12.0. The molecule has 2 aromatic carbocycles. The van der Waals surface area contributed by atoms with E-state index in [0.717, 1.165) is 11.4 Å². The zero-order chi connectivity index (χ0) is 17.4. The van der Waals surface area contributed by atoms with Gasteiger partial charge in [0.1, 0.15) is 0 Å². The summed E-state index contributed by atoms with van der Waals surface area (Å²) in [6, 6.07) is 16.3. The van der Waals surface area contributed by atoms with Gasteiger partial charge in [-0.3, -0.25) is 0 Å². The number of amides is 2. The summed E-state index contributed by atoms with van der Waals surface area (Å²) in [7, 11) is 0. The molecular weight excluding hydrogens is 430 g/mol. The van der Waals surface area contributed by atoms with Crippen molar-refractivity contribution >= 4 is 58.2 Å². The quantitative estimate of drug-likeness (QED) is 0.379. The van der Waals surface area contributed by atoms with Gasteiger partial charge in [-0.2, -0.15) is 0 Å². The van der Waals surface area contributed by atoms with Crippen LogP contribution < -0.4 is 30.8 Å². The van der Waals surface area contributed by atoms with Crippen molar-refractivity contribution in [2.45, 2.75) is 0 Å². The van der Waals surface area contributed by atoms with Gasteiger partial charge in [0.05, 0.1) is 0 Å². The van der Waals surface area contributed by atoms with Gasteiger partial charge in [0.25, 0.3) is 0 Å². The number of hydrogen-bond donors (Lipinski definition) is 4. The van der Waals surface area contributed by atoms with Crippen molar-refractivity contribution in [3.8, 4) is 0 Å². The first kappa shape index (κ1) is 18.4. The molecule has 0 atom stereocenters. The second-order valence-corrected chi connectivity index (χ2v) is 12.3. The summed E-state index contributed by atoms with van der Waals surface area (Å²) >= 11 is 0.238. The van der Waals surface area contributed by atoms with Gasteiger partial charge in [-0.25, -0.2) is 0 Å². The van der Waals surface area contributed by atoms with E-state index in [9.17, 15) is 9.59 Å². The molecule has 2 amide bonds. The topological polar surface area (TPSA) is 110 Å². The third-order valence-electron chi connectivity index (χ3n) is 2.95. The first-order chi connectivity index (χ1) is 11.5. The summed E-state index contributed by atoms with van der Waals surface area (Å²) in [5, 5.41) is 5.95. The molecule has 124 valence electrons. The van der Waals surface area contributed by atoms with E-state index in [1.165, 1.54) is 8.70 Å². The SMILES string of the molecule is NC(=O)CNc1ccc([As]=[As]c2ccc(NCC(N)=O)cc2)cc1. The van der Waals surface area contributed by atoms with Gasteiger partial charge in [0.2, 0.25) is 0 Å². The zero-order valence-electron chi connectivity index (χ0n) is 12.9. The average Bonchev–Trinajstić information content (AvgIpc) is 2.58. The van der Waals surface area contributed by atoms with Gasteiger partial charge in [0.15, 0.2) is 0 Å². The molecule has 2 rings (SSSR count). The van der Waals surface area contributed by atoms with Crippen molar-refractivity contribution in [3.05, 3.63) is 48.5 Å². The predicted octanol–water partition coefficient (Wildman–Crippen LogP) is -1.24. The number of carbonyl (C=O) groups is 2. The molecule has 0 aliphatic carbocycles. The van der Waals surface area contributed by atoms with Crippen LogP contribution in [0.2, 0.25) is 0 Å². The Balaban J connectivity index is 1.92. The fraction of sp³-hybridized carbons (Fsp3) is 0.125. The number of nitrogens with one attached hydrogen (secondary N) is 2. The Morgan fingerprint density at radius 3 is 1.33 bits per heavy atom. The van der Waals surface area contributed by atoms with E-state index in [4.69, 9.17) is 11.5 Å². The van der Waals surface area contributed by atoms with Crippen molar-refractivity contribution in [3.63, 3.8) is 0 Å². The molecular formula is C16H18As2N4O2. The third kappa shape index (κ3) is 6.69. The standard InChI is InChI=1S/C16H18As2N4O2/c19-15(23)9-21-13-5-1-11(2-6-13)17-18-12-3-7-14(8-4-12)22-10-16(20)24/h1-8,21-22H,9-10H2,(H2,19,23)(H2,20,24). The fourth-order valence-corrected chi connectivity index (χ4v) is 8.88. The van der Waals surface area contributed by atoms with E-state index >= 15 is 0 Å². The van der Waals surface area contributed by atoms with Gasteiger partial charge >= 0.3 is 151 Å². The van der Waals surface area contributed by atoms with E-state index in [-0.39, 0.29) is 51.2 Å². The summed E-state index contributed by atoms with van der Waals surface area (Å²) in [6.45, 7) is 0.296. The van der Waals surface area contributed by atoms with Gasteiger partial charge in [0, 0.05) is 0 Å². The summed E-state index contributed by atoms with van der Waals surface area (Å²) < 4.78 is 2.71. The van der Waals surface area contributed by atoms with Gasteiger partial charge in [-0.1, -0.05) is 0 Å². The van der Waals surface area contributed by atoms with Crippen LogP contribution in [-0.4, -0.2) is 51.2 Å². The van der Waals surface area contributed by atoms with E-state index in [0.29, 0.717) is 0 Å². The molecule has 0 spiro atoms. The molecule has 0 aliphatic rings. The van der Waals surface area contributed by atoms with Crippen molar-refractivity contribution in [2.75, 3.05) is 23.7 Å². The van der Waals surface area contributed by atoms with E-state index in [1.54, 1.807) is 0 Å². The number of rotatable bonds is 8. The number of carbonyl (C=O) groups excluding carboxylic acids is 2. The first-order valence-electron chi connectivity index (χ1n) is 7.19. The predicted molar refractivity (Wildman–Crippen MR) is 99.0 cm³/mol. The van der Waals surface area contributed by atoms with Crippen LogP contribution in [0.3, 0.4) is 0 Å². The normalized spacial score (nSPS) is 10.5. The van der Waals surface area contributed by atoms with E-state index < -0.39 is 0 Å². The Morgan fingerprint density at radius 1 is 0.708 bits per heavy atom. The molecule has 0 heterocycles. The molecule has 0 fully saturated rings. The molecule has 0 saturated carbocycles. The zero-order valence-corrected chi connectivity index (χ0v) is 16.7. The first-order valence-corrected chi connectivity index (χ1v) is 14.3. The third-order valence-corrected chi connectivity index (χ3v) is 11.5. The second kappa shape index (κ2) is 9.41. The molecule has 0 saturated heterocycles. The summed E-state index contributed by atoms with van der Waals surface area (Å²) in [5.74, 6) is -0.742. The minimum absolute atomic E-state index is 0.119. The number of nitrogens with two attached hydrogens (primary N) is 2. The summed E-state index contributed by atoms with van der Waals surface area (Å²) in [6.07, 6.45) is 0. The van der Waals surface area contributed by atoms with Gasteiger partial charge in [-0.05, 0) is 0 Å². The van der Waals surface area contributed by atoms with Crippen LogP contribution in [-0.2, 0) is 9.59 Å². The maximum absolute atomic E-state index is 10.7. The van der Waals surface area contributed by atoms with Gasteiger partial charge in [-0.15, -0.1) is 0 Å². The Hall–Kier alpha value is -1.90. The Bertz CT molecular complexity index is 667. The van der Waals surface area contributed by atoms with Crippen LogP contribution in [0.15, 0.2) is 48.5 Å². The second-order valence-electron chi connectivity index (χ2n) is 4.93. The number of primary amides is 2. The molecule has 6 nitrogen and oxygen atoms in total. The fourth-order valence-electron chi connectivity index (χ4n) is 1.79. The van der Waals surface area contributed by atoms with Crippen molar-refractivity contribution in [2.24, 2.45) is 11.5 Å². The molecule has 0 aromatic heterocycles. The molecule has 8 heteroatoms. The molecule has 0 unspecified atom stereocenters. The van der Waals surface area contributed by atoms with Crippen LogP contribution in [0, 0.1) is 0 Å². The van der Waals surface area contributed by atoms with Crippen LogP contribution >= 0.6 is 0 Å². The van der Waals surface area contributed by atoms with Crippen molar-refractivity contribution in [1.29, 1.82) is 0 Å². The molecule has 6 N–H and O–H groups in total. The van der Waals surface area contributed by atoms with Crippen LogP contribution in [0.1, 0.15) is 0 Å².